The summed E-state index contributed by atoms with van der Waals surface area (Å²) in [6.07, 6.45) is 25.6. The average Bonchev–Trinajstić information content (AvgIpc) is 3.28. The Morgan fingerprint density at radius 2 is 1.02 bits per heavy atom. The van der Waals surface area contributed by atoms with Crippen LogP contribution in [0.25, 0.3) is 0 Å². The van der Waals surface area contributed by atoms with Crippen molar-refractivity contribution in [1.82, 2.24) is 5.32 Å². The second-order valence-electron chi connectivity index (χ2n) is 17.6. The van der Waals surface area contributed by atoms with E-state index in [1.165, 1.54) is 116 Å². The lowest BCUT2D eigenvalue weighted by Crippen LogP contribution is -2.65. The Balaban J connectivity index is 1.61. The molecule has 63 heavy (non-hydrogen) atoms. The van der Waals surface area contributed by atoms with Gasteiger partial charge in [0.1, 0.15) is 48.8 Å². The van der Waals surface area contributed by atoms with Crippen LogP contribution >= 0.6 is 0 Å². The Labute approximate surface area is 379 Å². The maximum absolute atomic E-state index is 12.5. The molecular formula is C49H89NO13. The normalized spacial score (nSPS) is 27.8. The molecule has 2 rings (SSSR count). The van der Waals surface area contributed by atoms with Crippen molar-refractivity contribution in [3.63, 3.8) is 0 Å². The van der Waals surface area contributed by atoms with Crippen molar-refractivity contribution in [2.45, 2.75) is 248 Å². The van der Waals surface area contributed by atoms with E-state index in [1.54, 1.807) is 6.08 Å². The summed E-state index contributed by atoms with van der Waals surface area (Å²) in [5.41, 5.74) is 0. The third kappa shape index (κ3) is 24.0. The van der Waals surface area contributed by atoms with Crippen LogP contribution in [0.5, 0.6) is 0 Å². The summed E-state index contributed by atoms with van der Waals surface area (Å²) in [6.45, 7) is 2.38. The van der Waals surface area contributed by atoms with E-state index in [-0.39, 0.29) is 18.9 Å². The number of allylic oxidation sites excluding steroid dienone is 5. The second kappa shape index (κ2) is 36.3. The van der Waals surface area contributed by atoms with E-state index < -0.39 is 86.8 Å². The van der Waals surface area contributed by atoms with Gasteiger partial charge in [0.05, 0.1) is 32.0 Å². The quantitative estimate of drug-likeness (QED) is 0.0261. The minimum Gasteiger partial charge on any atom is -0.394 e. The SMILES string of the molecule is CCCCCCCCCCCCCCCCCCCC/C=C/CC/C=C/CC/C=C/C(O)C(COC1OC(CO)C(OC2OC(CO)C(O)C(O)C2O)C(O)C1O)NC(=O)CCC. The molecule has 0 aromatic carbocycles. The van der Waals surface area contributed by atoms with Gasteiger partial charge in [-0.15, -0.1) is 0 Å². The molecule has 0 aromatic heterocycles. The lowest BCUT2D eigenvalue weighted by atomic mass is 9.97. The molecule has 0 bridgehead atoms. The first-order valence-electron chi connectivity index (χ1n) is 24.7. The number of carbonyl (C=O) groups excluding carboxylic acids is 1. The van der Waals surface area contributed by atoms with Crippen LogP contribution in [0.3, 0.4) is 0 Å². The standard InChI is InChI=1S/C49H89NO13/c1-3-5-6-7-8-9-10-11-12-13-14-15-16-17-18-19-20-21-22-23-24-25-26-27-28-29-30-31-33-38(53)37(50-41(54)32-4-2)36-60-48-46(59)44(57)47(40(35-52)62-48)63-49-45(58)43(56)42(55)39(34-51)61-49/h23-24,27-28,31,33,37-40,42-49,51-53,55-59H,3-22,25-26,29-30,32,34-36H2,1-2H3,(H,50,54)/b24-23+,28-27+,33-31+. The molecule has 368 valence electrons. The van der Waals surface area contributed by atoms with Crippen molar-refractivity contribution in [2.24, 2.45) is 0 Å². The van der Waals surface area contributed by atoms with Crippen molar-refractivity contribution < 1.29 is 64.6 Å². The Morgan fingerprint density at radius 1 is 0.556 bits per heavy atom. The number of ether oxygens (including phenoxy) is 4. The predicted molar refractivity (Wildman–Crippen MR) is 244 cm³/mol. The van der Waals surface area contributed by atoms with Crippen LogP contribution in [0.1, 0.15) is 174 Å². The second-order valence-corrected chi connectivity index (χ2v) is 17.6. The van der Waals surface area contributed by atoms with Crippen molar-refractivity contribution in [1.29, 1.82) is 0 Å². The maximum Gasteiger partial charge on any atom is 0.220 e. The van der Waals surface area contributed by atoms with Crippen LogP contribution in [-0.2, 0) is 23.7 Å². The number of nitrogens with one attached hydrogen (secondary N) is 1. The third-order valence-electron chi connectivity index (χ3n) is 12.0. The number of rotatable bonds is 37. The van der Waals surface area contributed by atoms with Crippen LogP contribution in [0, 0.1) is 0 Å². The molecule has 1 amide bonds. The summed E-state index contributed by atoms with van der Waals surface area (Å²) in [6, 6.07) is -0.930. The van der Waals surface area contributed by atoms with Crippen molar-refractivity contribution in [3.8, 4) is 0 Å². The maximum atomic E-state index is 12.5. The molecule has 9 N–H and O–H groups in total. The van der Waals surface area contributed by atoms with Gasteiger partial charge < -0.3 is 65.1 Å². The van der Waals surface area contributed by atoms with Crippen LogP contribution in [0.2, 0.25) is 0 Å². The van der Waals surface area contributed by atoms with Crippen LogP contribution in [0.4, 0.5) is 0 Å². The third-order valence-corrected chi connectivity index (χ3v) is 12.0. The first kappa shape index (κ1) is 57.3. The molecule has 0 saturated carbocycles. The van der Waals surface area contributed by atoms with Gasteiger partial charge in [-0.1, -0.05) is 159 Å². The van der Waals surface area contributed by atoms with Gasteiger partial charge in [0, 0.05) is 6.42 Å². The number of unbranched alkanes of at least 4 members (excludes halogenated alkanes) is 20. The number of carbonyl (C=O) groups is 1. The summed E-state index contributed by atoms with van der Waals surface area (Å²) >= 11 is 0. The lowest BCUT2D eigenvalue weighted by Gasteiger charge is -2.46. The fourth-order valence-corrected chi connectivity index (χ4v) is 8.01. The Hall–Kier alpha value is -1.79. The fourth-order valence-electron chi connectivity index (χ4n) is 8.01. The van der Waals surface area contributed by atoms with Crippen LogP contribution < -0.4 is 5.32 Å². The van der Waals surface area contributed by atoms with Gasteiger partial charge in [-0.25, -0.2) is 0 Å². The van der Waals surface area contributed by atoms with E-state index >= 15 is 0 Å². The Kier molecular flexibility index (Phi) is 33.1. The molecule has 0 aromatic rings. The van der Waals surface area contributed by atoms with Crippen molar-refractivity contribution >= 4 is 5.91 Å². The Morgan fingerprint density at radius 3 is 1.52 bits per heavy atom. The van der Waals surface area contributed by atoms with E-state index in [1.807, 2.05) is 13.0 Å². The number of amides is 1. The van der Waals surface area contributed by atoms with Gasteiger partial charge >= 0.3 is 0 Å². The van der Waals surface area contributed by atoms with Gasteiger partial charge in [-0.2, -0.15) is 0 Å². The summed E-state index contributed by atoms with van der Waals surface area (Å²) < 4.78 is 22.4. The molecule has 2 saturated heterocycles. The molecule has 14 heteroatoms. The number of aliphatic hydroxyl groups excluding tert-OH is 8. The largest absolute Gasteiger partial charge is 0.394 e. The topological polar surface area (TPSA) is 228 Å². The highest BCUT2D eigenvalue weighted by atomic mass is 16.7. The molecule has 0 spiro atoms. The average molecular weight is 900 g/mol. The highest BCUT2D eigenvalue weighted by Crippen LogP contribution is 2.30. The predicted octanol–water partition coefficient (Wildman–Crippen LogP) is 5.93. The van der Waals surface area contributed by atoms with Gasteiger partial charge in [0.15, 0.2) is 12.6 Å². The minimum absolute atomic E-state index is 0.220. The van der Waals surface area contributed by atoms with Gasteiger partial charge in [-0.3, -0.25) is 4.79 Å². The molecular weight excluding hydrogens is 811 g/mol. The summed E-state index contributed by atoms with van der Waals surface area (Å²) in [4.78, 5) is 12.5. The minimum atomic E-state index is -1.79. The molecule has 0 aliphatic carbocycles. The summed E-state index contributed by atoms with van der Waals surface area (Å²) in [5.74, 6) is -0.308. The van der Waals surface area contributed by atoms with Gasteiger partial charge in [0.2, 0.25) is 5.91 Å². The lowest BCUT2D eigenvalue weighted by molar-refractivity contribution is -0.359. The first-order chi connectivity index (χ1) is 30.6. The molecule has 14 nitrogen and oxygen atoms in total. The first-order valence-corrected chi connectivity index (χ1v) is 24.7. The molecule has 0 radical (unpaired) electrons. The van der Waals surface area contributed by atoms with E-state index in [0.29, 0.717) is 12.8 Å². The monoisotopic (exact) mass is 900 g/mol. The molecule has 2 aliphatic heterocycles. The van der Waals surface area contributed by atoms with Crippen LogP contribution in [-0.4, -0.2) is 140 Å². The zero-order chi connectivity index (χ0) is 46.1. The molecule has 12 unspecified atom stereocenters. The van der Waals surface area contributed by atoms with Crippen LogP contribution in [0.15, 0.2) is 36.5 Å². The van der Waals surface area contributed by atoms with E-state index in [2.05, 4.69) is 36.5 Å². The molecule has 2 fully saturated rings. The molecule has 12 atom stereocenters. The number of hydrogen-bond acceptors (Lipinski definition) is 13. The van der Waals surface area contributed by atoms with E-state index in [9.17, 15) is 45.6 Å². The summed E-state index contributed by atoms with van der Waals surface area (Å²) in [5, 5.41) is 85.6. The fraction of sp³-hybridized carbons (Fsp3) is 0.857. The number of aliphatic hydroxyl groups is 8. The molecule has 2 aliphatic rings. The zero-order valence-corrected chi connectivity index (χ0v) is 38.8. The highest BCUT2D eigenvalue weighted by Gasteiger charge is 2.51. The van der Waals surface area contributed by atoms with E-state index in [0.717, 1.165) is 25.7 Å². The van der Waals surface area contributed by atoms with E-state index in [4.69, 9.17) is 18.9 Å². The smallest absolute Gasteiger partial charge is 0.220 e. The number of hydrogen-bond donors (Lipinski definition) is 9. The van der Waals surface area contributed by atoms with Gasteiger partial charge in [0.25, 0.3) is 0 Å². The molecule has 2 heterocycles. The Bertz CT molecular complexity index is 1200. The highest BCUT2D eigenvalue weighted by molar-refractivity contribution is 5.76. The van der Waals surface area contributed by atoms with Crippen molar-refractivity contribution in [2.75, 3.05) is 19.8 Å². The van der Waals surface area contributed by atoms with Gasteiger partial charge in [-0.05, 0) is 44.9 Å². The van der Waals surface area contributed by atoms with Crippen molar-refractivity contribution in [3.05, 3.63) is 36.5 Å². The summed E-state index contributed by atoms with van der Waals surface area (Å²) in [7, 11) is 0. The zero-order valence-electron chi connectivity index (χ0n) is 38.8.